The third kappa shape index (κ3) is 2.10. The zero-order chi connectivity index (χ0) is 12.4. The molecule has 6 heteroatoms. The molecule has 0 saturated heterocycles. The van der Waals surface area contributed by atoms with Crippen LogP contribution in [0.3, 0.4) is 0 Å². The van der Waals surface area contributed by atoms with Gasteiger partial charge in [-0.05, 0) is 12.1 Å². The Morgan fingerprint density at radius 1 is 1.47 bits per heavy atom. The maximum absolute atomic E-state index is 13.5. The van der Waals surface area contributed by atoms with Crippen LogP contribution in [-0.4, -0.2) is 20.9 Å². The lowest BCUT2D eigenvalue weighted by atomic mass is 10.2. The number of halogens is 1. The highest BCUT2D eigenvalue weighted by Gasteiger charge is 2.13. The second-order valence-electron chi connectivity index (χ2n) is 3.49. The Morgan fingerprint density at radius 2 is 2.18 bits per heavy atom. The molecule has 2 aromatic rings. The van der Waals surface area contributed by atoms with E-state index >= 15 is 0 Å². The first kappa shape index (κ1) is 11.1. The zero-order valence-electron chi connectivity index (χ0n) is 8.80. The Morgan fingerprint density at radius 3 is 2.82 bits per heavy atom. The summed E-state index contributed by atoms with van der Waals surface area (Å²) in [6.45, 7) is 0. The molecule has 0 aliphatic heterocycles. The summed E-state index contributed by atoms with van der Waals surface area (Å²) in [5, 5.41) is 12.5. The lowest BCUT2D eigenvalue weighted by Crippen LogP contribution is -2.07. The summed E-state index contributed by atoms with van der Waals surface area (Å²) in [5.74, 6) is -1.34. The molecule has 0 fully saturated rings. The number of nitrogens with zero attached hydrogens (tertiary/aromatic N) is 2. The Hall–Kier alpha value is -2.37. The van der Waals surface area contributed by atoms with Crippen molar-refractivity contribution in [3.8, 4) is 5.69 Å². The monoisotopic (exact) mass is 235 g/mol. The summed E-state index contributed by atoms with van der Waals surface area (Å²) in [4.78, 5) is 10.6. The van der Waals surface area contributed by atoms with Crippen LogP contribution in [0.1, 0.15) is 5.56 Å². The molecular formula is C11H10FN3O2. The Kier molecular flexibility index (Phi) is 2.78. The number of anilines is 1. The maximum atomic E-state index is 13.5. The molecular weight excluding hydrogens is 225 g/mol. The summed E-state index contributed by atoms with van der Waals surface area (Å²) in [6.07, 6.45) is 1.09. The van der Waals surface area contributed by atoms with Gasteiger partial charge in [-0.25, -0.2) is 9.07 Å². The van der Waals surface area contributed by atoms with E-state index in [9.17, 15) is 9.18 Å². The number of carboxylic acids is 1. The lowest BCUT2D eigenvalue weighted by molar-refractivity contribution is -0.136. The van der Waals surface area contributed by atoms with E-state index in [1.165, 1.54) is 23.0 Å². The molecule has 0 spiro atoms. The zero-order valence-corrected chi connectivity index (χ0v) is 8.80. The minimum absolute atomic E-state index is 0.137. The van der Waals surface area contributed by atoms with Crippen molar-refractivity contribution in [3.05, 3.63) is 41.8 Å². The third-order valence-electron chi connectivity index (χ3n) is 2.31. The van der Waals surface area contributed by atoms with Gasteiger partial charge in [0.1, 0.15) is 17.3 Å². The number of aromatic nitrogens is 2. The highest BCUT2D eigenvalue weighted by atomic mass is 19.1. The molecule has 3 N–H and O–H groups in total. The van der Waals surface area contributed by atoms with Gasteiger partial charge in [-0.15, -0.1) is 0 Å². The van der Waals surface area contributed by atoms with Crippen molar-refractivity contribution in [1.82, 2.24) is 9.78 Å². The highest BCUT2D eigenvalue weighted by molar-refractivity contribution is 5.72. The van der Waals surface area contributed by atoms with Crippen molar-refractivity contribution >= 4 is 11.8 Å². The molecule has 1 aromatic heterocycles. The number of nitrogen functional groups attached to an aromatic ring is 1. The van der Waals surface area contributed by atoms with Crippen LogP contribution in [0.15, 0.2) is 30.5 Å². The third-order valence-corrected chi connectivity index (χ3v) is 2.31. The van der Waals surface area contributed by atoms with Gasteiger partial charge in [0, 0.05) is 5.56 Å². The molecule has 88 valence electrons. The summed E-state index contributed by atoms with van der Waals surface area (Å²) in [5.41, 5.74) is 6.28. The van der Waals surface area contributed by atoms with Gasteiger partial charge in [0.2, 0.25) is 0 Å². The first-order chi connectivity index (χ1) is 8.09. The van der Waals surface area contributed by atoms with E-state index < -0.39 is 11.8 Å². The molecule has 2 rings (SSSR count). The minimum atomic E-state index is -1.01. The fraction of sp³-hybridized carbons (Fsp3) is 0.0909. The molecule has 0 aliphatic carbocycles. The first-order valence-electron chi connectivity index (χ1n) is 4.88. The number of carbonyl (C=O) groups is 1. The van der Waals surface area contributed by atoms with E-state index in [0.29, 0.717) is 5.56 Å². The highest BCUT2D eigenvalue weighted by Crippen LogP contribution is 2.19. The molecule has 1 aromatic carbocycles. The Balaban J connectivity index is 2.44. The van der Waals surface area contributed by atoms with E-state index in [1.54, 1.807) is 12.1 Å². The van der Waals surface area contributed by atoms with Gasteiger partial charge >= 0.3 is 5.97 Å². The van der Waals surface area contributed by atoms with Crippen molar-refractivity contribution < 1.29 is 14.3 Å². The van der Waals surface area contributed by atoms with Crippen molar-refractivity contribution in [2.24, 2.45) is 0 Å². The molecule has 0 amide bonds. The quantitative estimate of drug-likeness (QED) is 0.838. The van der Waals surface area contributed by atoms with Crippen molar-refractivity contribution in [1.29, 1.82) is 0 Å². The van der Waals surface area contributed by atoms with E-state index in [2.05, 4.69) is 5.10 Å². The van der Waals surface area contributed by atoms with Crippen LogP contribution in [0.5, 0.6) is 0 Å². The second kappa shape index (κ2) is 4.25. The summed E-state index contributed by atoms with van der Waals surface area (Å²) in [6, 6.07) is 6.00. The van der Waals surface area contributed by atoms with Crippen LogP contribution >= 0.6 is 0 Å². The second-order valence-corrected chi connectivity index (χ2v) is 3.49. The number of nitrogens with two attached hydrogens (primary N) is 1. The summed E-state index contributed by atoms with van der Waals surface area (Å²) < 4.78 is 14.7. The Labute approximate surface area is 96.3 Å². The largest absolute Gasteiger partial charge is 0.481 e. The topological polar surface area (TPSA) is 81.1 Å². The number of hydrogen-bond acceptors (Lipinski definition) is 3. The van der Waals surface area contributed by atoms with E-state index in [-0.39, 0.29) is 17.9 Å². The maximum Gasteiger partial charge on any atom is 0.308 e. The molecule has 0 atom stereocenters. The minimum Gasteiger partial charge on any atom is -0.481 e. The van der Waals surface area contributed by atoms with Crippen molar-refractivity contribution in [2.45, 2.75) is 6.42 Å². The fourth-order valence-corrected chi connectivity index (χ4v) is 1.51. The molecule has 0 bridgehead atoms. The number of benzene rings is 1. The molecule has 17 heavy (non-hydrogen) atoms. The Bertz CT molecular complexity index is 566. The number of carboxylic acid groups (broad SMARTS) is 1. The van der Waals surface area contributed by atoms with Crippen LogP contribution in [0, 0.1) is 5.82 Å². The predicted octanol–water partition coefficient (Wildman–Crippen LogP) is 1.22. The van der Waals surface area contributed by atoms with Crippen molar-refractivity contribution in [2.75, 3.05) is 5.73 Å². The lowest BCUT2D eigenvalue weighted by Gasteiger charge is -2.05. The molecule has 0 saturated carbocycles. The van der Waals surface area contributed by atoms with Gasteiger partial charge in [-0.2, -0.15) is 5.10 Å². The standard InChI is InChI=1S/C11H10FN3O2/c12-8-3-1-2-4-9(8)15-11(13)7(6-14-15)5-10(16)17/h1-4,6H,5,13H2,(H,16,17). The summed E-state index contributed by atoms with van der Waals surface area (Å²) in [7, 11) is 0. The SMILES string of the molecule is Nc1c(CC(=O)O)cnn1-c1ccccc1F. The fourth-order valence-electron chi connectivity index (χ4n) is 1.51. The predicted molar refractivity (Wildman–Crippen MR) is 59.3 cm³/mol. The van der Waals surface area contributed by atoms with Gasteiger partial charge in [0.25, 0.3) is 0 Å². The summed E-state index contributed by atoms with van der Waals surface area (Å²) >= 11 is 0. The number of hydrogen-bond donors (Lipinski definition) is 2. The average molecular weight is 235 g/mol. The molecule has 1 heterocycles. The van der Waals surface area contributed by atoms with E-state index in [4.69, 9.17) is 10.8 Å². The van der Waals surface area contributed by atoms with Gasteiger partial charge in [-0.3, -0.25) is 4.79 Å². The van der Waals surface area contributed by atoms with Crippen LogP contribution in [0.2, 0.25) is 0 Å². The van der Waals surface area contributed by atoms with Gasteiger partial charge in [0.05, 0.1) is 12.6 Å². The van der Waals surface area contributed by atoms with E-state index in [0.717, 1.165) is 0 Å². The number of aliphatic carboxylic acids is 1. The number of rotatable bonds is 3. The van der Waals surface area contributed by atoms with E-state index in [1.807, 2.05) is 0 Å². The molecule has 0 unspecified atom stereocenters. The van der Waals surface area contributed by atoms with Crippen LogP contribution in [0.4, 0.5) is 10.2 Å². The smallest absolute Gasteiger partial charge is 0.308 e. The average Bonchev–Trinajstić information content (AvgIpc) is 2.61. The van der Waals surface area contributed by atoms with Crippen LogP contribution < -0.4 is 5.73 Å². The molecule has 5 nitrogen and oxygen atoms in total. The van der Waals surface area contributed by atoms with Crippen LogP contribution in [-0.2, 0) is 11.2 Å². The van der Waals surface area contributed by atoms with Gasteiger partial charge in [-0.1, -0.05) is 12.1 Å². The first-order valence-corrected chi connectivity index (χ1v) is 4.88. The normalized spacial score (nSPS) is 10.4. The van der Waals surface area contributed by atoms with Crippen LogP contribution in [0.25, 0.3) is 5.69 Å². The molecule has 0 radical (unpaired) electrons. The van der Waals surface area contributed by atoms with Gasteiger partial charge in [0.15, 0.2) is 0 Å². The van der Waals surface area contributed by atoms with Crippen molar-refractivity contribution in [3.63, 3.8) is 0 Å². The molecule has 0 aliphatic rings. The van der Waals surface area contributed by atoms with Gasteiger partial charge < -0.3 is 10.8 Å². The number of para-hydroxylation sites is 1.